The molecule has 0 aliphatic heterocycles. The summed E-state index contributed by atoms with van der Waals surface area (Å²) in [5.41, 5.74) is -0.649. The van der Waals surface area contributed by atoms with Gasteiger partial charge in [0.1, 0.15) is 0 Å². The maximum Gasteiger partial charge on any atom is 0.243 e. The van der Waals surface area contributed by atoms with Crippen LogP contribution >= 0.6 is 0 Å². The van der Waals surface area contributed by atoms with Crippen molar-refractivity contribution < 1.29 is 38.1 Å². The lowest BCUT2D eigenvalue weighted by Gasteiger charge is -2.33. The summed E-state index contributed by atoms with van der Waals surface area (Å²) in [4.78, 5) is 45.4. The normalized spacial score (nSPS) is 10.7. The van der Waals surface area contributed by atoms with Gasteiger partial charge in [0, 0.05) is 52.6 Å². The van der Waals surface area contributed by atoms with Crippen LogP contribution in [-0.4, -0.2) is 103 Å². The molecule has 0 radical (unpaired) electrons. The number of nitrogens with one attached hydrogen (secondary N) is 4. The van der Waals surface area contributed by atoms with Gasteiger partial charge < -0.3 is 40.2 Å². The first-order valence-corrected chi connectivity index (χ1v) is 13.7. The van der Waals surface area contributed by atoms with Crippen molar-refractivity contribution in [2.24, 2.45) is 5.41 Å². The van der Waals surface area contributed by atoms with E-state index in [9.17, 15) is 19.2 Å². The van der Waals surface area contributed by atoms with Crippen LogP contribution in [0.4, 0.5) is 0 Å². The van der Waals surface area contributed by atoms with Crippen LogP contribution in [0.5, 0.6) is 0 Å². The molecule has 0 bridgehead atoms. The largest absolute Gasteiger partial charge is 0.381 e. The quantitative estimate of drug-likeness (QED) is 0.0784. The van der Waals surface area contributed by atoms with Gasteiger partial charge in [0.15, 0.2) is 0 Å². The van der Waals surface area contributed by atoms with Crippen molar-refractivity contribution >= 4 is 23.6 Å². The van der Waals surface area contributed by atoms with Gasteiger partial charge in [-0.2, -0.15) is 0 Å². The molecule has 0 aromatic rings. The van der Waals surface area contributed by atoms with Crippen LogP contribution in [0.15, 0.2) is 50.6 Å². The zero-order valence-corrected chi connectivity index (χ0v) is 24.2. The minimum Gasteiger partial charge on any atom is -0.381 e. The SMILES string of the molecule is C=CC(=O)NCCCOCC(COCCCNC(=O)C=C)(COCCCNC(=O)C=C)COCCCNC(=O)C=C. The minimum absolute atomic E-state index is 0.243. The van der Waals surface area contributed by atoms with Crippen LogP contribution in [0.1, 0.15) is 25.7 Å². The molecule has 0 aromatic carbocycles. The highest BCUT2D eigenvalue weighted by Gasteiger charge is 2.32. The van der Waals surface area contributed by atoms with E-state index in [4.69, 9.17) is 18.9 Å². The second-order valence-corrected chi connectivity index (χ2v) is 9.11. The Hall–Kier alpha value is -3.32. The van der Waals surface area contributed by atoms with Crippen LogP contribution < -0.4 is 21.3 Å². The van der Waals surface area contributed by atoms with Crippen LogP contribution in [0, 0.1) is 5.41 Å². The molecule has 0 saturated heterocycles. The summed E-state index contributed by atoms with van der Waals surface area (Å²) < 4.78 is 23.9. The van der Waals surface area contributed by atoms with Gasteiger partial charge in [0.2, 0.25) is 23.6 Å². The van der Waals surface area contributed by atoms with Gasteiger partial charge in [-0.1, -0.05) is 26.3 Å². The Morgan fingerprint density at radius 3 is 0.878 bits per heavy atom. The lowest BCUT2D eigenvalue weighted by Crippen LogP contribution is -2.42. The molecule has 0 saturated carbocycles. The van der Waals surface area contributed by atoms with Crippen molar-refractivity contribution in [1.29, 1.82) is 0 Å². The summed E-state index contributed by atoms with van der Waals surface area (Å²) in [6.07, 6.45) is 7.28. The number of carbonyl (C=O) groups excluding carboxylic acids is 4. The summed E-state index contributed by atoms with van der Waals surface area (Å²) in [6, 6.07) is 0. The third kappa shape index (κ3) is 22.1. The highest BCUT2D eigenvalue weighted by atomic mass is 16.5. The Morgan fingerprint density at radius 2 is 0.683 bits per heavy atom. The fourth-order valence-electron chi connectivity index (χ4n) is 3.24. The van der Waals surface area contributed by atoms with Crippen LogP contribution in [0.2, 0.25) is 0 Å². The first-order chi connectivity index (χ1) is 19.8. The molecule has 0 aliphatic carbocycles. The fourth-order valence-corrected chi connectivity index (χ4v) is 3.24. The predicted molar refractivity (Wildman–Crippen MR) is 157 cm³/mol. The molecule has 0 fully saturated rings. The van der Waals surface area contributed by atoms with E-state index in [0.717, 1.165) is 0 Å². The summed E-state index contributed by atoms with van der Waals surface area (Å²) in [5, 5.41) is 10.8. The summed E-state index contributed by atoms with van der Waals surface area (Å²) in [7, 11) is 0. The van der Waals surface area contributed by atoms with Crippen LogP contribution in [0.25, 0.3) is 0 Å². The molecule has 0 rings (SSSR count). The number of amides is 4. The van der Waals surface area contributed by atoms with E-state index in [2.05, 4.69) is 47.6 Å². The van der Waals surface area contributed by atoms with E-state index in [-0.39, 0.29) is 50.1 Å². The van der Waals surface area contributed by atoms with E-state index < -0.39 is 5.41 Å². The van der Waals surface area contributed by atoms with Gasteiger partial charge in [0.25, 0.3) is 0 Å². The molecule has 4 N–H and O–H groups in total. The van der Waals surface area contributed by atoms with Crippen molar-refractivity contribution in [2.45, 2.75) is 25.7 Å². The molecule has 0 heterocycles. The van der Waals surface area contributed by atoms with Crippen molar-refractivity contribution in [1.82, 2.24) is 21.3 Å². The molecule has 0 atom stereocenters. The third-order valence-corrected chi connectivity index (χ3v) is 5.43. The second kappa shape index (κ2) is 25.6. The molecule has 12 heteroatoms. The average molecular weight is 581 g/mol. The van der Waals surface area contributed by atoms with Gasteiger partial charge in [-0.3, -0.25) is 19.2 Å². The van der Waals surface area contributed by atoms with Crippen molar-refractivity contribution in [3.63, 3.8) is 0 Å². The summed E-state index contributed by atoms with van der Waals surface area (Å²) in [5.74, 6) is -0.973. The topological polar surface area (TPSA) is 153 Å². The fraction of sp³-hybridized carbons (Fsp3) is 0.586. The molecular formula is C29H48N4O8. The third-order valence-electron chi connectivity index (χ3n) is 5.43. The van der Waals surface area contributed by atoms with Gasteiger partial charge in [-0.15, -0.1) is 0 Å². The molecule has 41 heavy (non-hydrogen) atoms. The molecular weight excluding hydrogens is 532 g/mol. The van der Waals surface area contributed by atoms with Crippen molar-refractivity contribution in [3.8, 4) is 0 Å². The molecule has 4 amide bonds. The maximum absolute atomic E-state index is 11.3. The van der Waals surface area contributed by atoms with Crippen LogP contribution in [0.3, 0.4) is 0 Å². The second-order valence-electron chi connectivity index (χ2n) is 9.11. The molecule has 12 nitrogen and oxygen atoms in total. The van der Waals surface area contributed by atoms with Crippen molar-refractivity contribution in [3.05, 3.63) is 50.6 Å². The van der Waals surface area contributed by atoms with E-state index in [0.29, 0.717) is 78.3 Å². The summed E-state index contributed by atoms with van der Waals surface area (Å²) in [6.45, 7) is 18.2. The first-order valence-electron chi connectivity index (χ1n) is 13.7. The molecule has 0 spiro atoms. The Kier molecular flexibility index (Phi) is 23.6. The van der Waals surface area contributed by atoms with Crippen molar-refractivity contribution in [2.75, 3.05) is 79.0 Å². The van der Waals surface area contributed by atoms with Gasteiger partial charge in [-0.05, 0) is 50.0 Å². The number of carbonyl (C=O) groups is 4. The van der Waals surface area contributed by atoms with Gasteiger partial charge in [-0.25, -0.2) is 0 Å². The maximum atomic E-state index is 11.3. The Labute approximate surface area is 243 Å². The zero-order chi connectivity index (χ0) is 30.6. The van der Waals surface area contributed by atoms with E-state index in [1.807, 2.05) is 0 Å². The van der Waals surface area contributed by atoms with E-state index in [1.54, 1.807) is 0 Å². The lowest BCUT2D eigenvalue weighted by atomic mass is 9.92. The first kappa shape index (κ1) is 37.7. The minimum atomic E-state index is -0.649. The van der Waals surface area contributed by atoms with Gasteiger partial charge >= 0.3 is 0 Å². The number of hydrogen-bond donors (Lipinski definition) is 4. The summed E-state index contributed by atoms with van der Waals surface area (Å²) >= 11 is 0. The Morgan fingerprint density at radius 1 is 0.463 bits per heavy atom. The molecule has 0 aromatic heterocycles. The molecule has 0 unspecified atom stereocenters. The predicted octanol–water partition coefficient (Wildman–Crippen LogP) is 0.808. The average Bonchev–Trinajstić information content (AvgIpc) is 2.99. The Balaban J connectivity index is 5.08. The number of rotatable bonds is 28. The molecule has 0 aliphatic rings. The highest BCUT2D eigenvalue weighted by Crippen LogP contribution is 2.21. The van der Waals surface area contributed by atoms with E-state index >= 15 is 0 Å². The van der Waals surface area contributed by atoms with Crippen LogP contribution in [-0.2, 0) is 38.1 Å². The highest BCUT2D eigenvalue weighted by molar-refractivity contribution is 5.87. The Bertz CT molecular complexity index is 685. The number of ether oxygens (including phenoxy) is 4. The van der Waals surface area contributed by atoms with Gasteiger partial charge in [0.05, 0.1) is 31.8 Å². The standard InChI is InChI=1S/C29H48N4O8/c1-5-25(34)30-13-9-17-38-21-29(22-39-18-10-14-31-26(35)6-2,23-40-19-11-15-32-27(36)7-3)24-41-20-12-16-33-28(37)8-4/h5-8H,1-4,9-24H2,(H,30,34)(H,31,35)(H,32,36)(H,33,37). The lowest BCUT2D eigenvalue weighted by molar-refractivity contribution is -0.117. The monoisotopic (exact) mass is 580 g/mol. The molecule has 232 valence electrons. The number of hydrogen-bond acceptors (Lipinski definition) is 8. The smallest absolute Gasteiger partial charge is 0.243 e. The van der Waals surface area contributed by atoms with E-state index in [1.165, 1.54) is 24.3 Å². The zero-order valence-electron chi connectivity index (χ0n) is 24.2.